The Balaban J connectivity index is 1.45. The minimum Gasteiger partial charge on any atom is -0.352 e. The molecule has 1 saturated heterocycles. The van der Waals surface area contributed by atoms with Gasteiger partial charge < -0.3 is 15.5 Å². The van der Waals surface area contributed by atoms with Crippen LogP contribution >= 0.6 is 11.8 Å². The summed E-state index contributed by atoms with van der Waals surface area (Å²) in [7, 11) is 0. The highest BCUT2D eigenvalue weighted by atomic mass is 32.2. The van der Waals surface area contributed by atoms with Crippen molar-refractivity contribution in [3.63, 3.8) is 0 Å². The first-order valence-corrected chi connectivity index (χ1v) is 11.7. The Morgan fingerprint density at radius 1 is 1.13 bits per heavy atom. The van der Waals surface area contributed by atoms with Crippen LogP contribution in [0.15, 0.2) is 29.3 Å². The summed E-state index contributed by atoms with van der Waals surface area (Å²) in [5, 5.41) is 6.00. The van der Waals surface area contributed by atoms with Crippen molar-refractivity contribution in [2.45, 2.75) is 57.1 Å². The molecular weight excluding hydrogens is 400 g/mol. The molecule has 0 bridgehead atoms. The number of thioether (sulfide) groups is 1. The average Bonchev–Trinajstić information content (AvgIpc) is 3.12. The van der Waals surface area contributed by atoms with E-state index in [0.717, 1.165) is 50.4 Å². The predicted octanol–water partition coefficient (Wildman–Crippen LogP) is 3.42. The van der Waals surface area contributed by atoms with Crippen molar-refractivity contribution in [1.82, 2.24) is 10.2 Å². The van der Waals surface area contributed by atoms with Gasteiger partial charge in [-0.15, -0.1) is 0 Å². The van der Waals surface area contributed by atoms with Gasteiger partial charge in [-0.3, -0.25) is 14.4 Å². The quantitative estimate of drug-likeness (QED) is 0.617. The van der Waals surface area contributed by atoms with E-state index in [0.29, 0.717) is 17.8 Å². The molecule has 7 nitrogen and oxygen atoms in total. The fraction of sp³-hybridized carbons (Fsp3) is 0.545. The molecule has 162 valence electrons. The molecule has 1 aromatic rings. The summed E-state index contributed by atoms with van der Waals surface area (Å²) in [5.41, 5.74) is 1.17. The Labute approximate surface area is 182 Å². The van der Waals surface area contributed by atoms with Crippen molar-refractivity contribution in [3.05, 3.63) is 29.8 Å². The van der Waals surface area contributed by atoms with Gasteiger partial charge in [-0.2, -0.15) is 4.99 Å². The molecule has 0 spiro atoms. The third-order valence-electron chi connectivity index (χ3n) is 5.22. The topological polar surface area (TPSA) is 90.9 Å². The number of amides is 3. The lowest BCUT2D eigenvalue weighted by Crippen LogP contribution is -2.33. The van der Waals surface area contributed by atoms with Gasteiger partial charge in [0, 0.05) is 37.3 Å². The maximum absolute atomic E-state index is 12.4. The maximum atomic E-state index is 12.4. The summed E-state index contributed by atoms with van der Waals surface area (Å²) >= 11 is 1.39. The third kappa shape index (κ3) is 6.32. The Bertz CT molecular complexity index is 788. The first-order chi connectivity index (χ1) is 14.6. The number of nitrogens with one attached hydrogen (secondary N) is 2. The Morgan fingerprint density at radius 3 is 2.57 bits per heavy atom. The highest BCUT2D eigenvalue weighted by Crippen LogP contribution is 2.29. The highest BCUT2D eigenvalue weighted by Gasteiger charge is 2.33. The van der Waals surface area contributed by atoms with E-state index in [-0.39, 0.29) is 24.1 Å². The number of anilines is 1. The fourth-order valence-electron chi connectivity index (χ4n) is 3.49. The second-order valence-electron chi connectivity index (χ2n) is 7.68. The molecule has 30 heavy (non-hydrogen) atoms. The SMILES string of the molecule is CCCCCNC(=O)c1ccc(NC(=O)CC2SC(N3CCCCC3)=NC2=O)cc1. The average molecular weight is 431 g/mol. The molecule has 2 N–H and O–H groups in total. The van der Waals surface area contributed by atoms with Crippen LogP contribution in [0.4, 0.5) is 5.69 Å². The van der Waals surface area contributed by atoms with Crippen LogP contribution in [0.5, 0.6) is 0 Å². The molecule has 1 aromatic carbocycles. The summed E-state index contributed by atoms with van der Waals surface area (Å²) in [5.74, 6) is -0.571. The van der Waals surface area contributed by atoms with Gasteiger partial charge in [-0.1, -0.05) is 31.5 Å². The van der Waals surface area contributed by atoms with Crippen molar-refractivity contribution in [3.8, 4) is 0 Å². The Kier molecular flexibility index (Phi) is 8.30. The zero-order valence-electron chi connectivity index (χ0n) is 17.5. The Hall–Kier alpha value is -2.35. The zero-order chi connectivity index (χ0) is 21.3. The van der Waals surface area contributed by atoms with Gasteiger partial charge in [0.2, 0.25) is 5.91 Å². The van der Waals surface area contributed by atoms with E-state index in [1.54, 1.807) is 24.3 Å². The smallest absolute Gasteiger partial charge is 0.262 e. The number of likely N-dealkylation sites (tertiary alicyclic amines) is 1. The van der Waals surface area contributed by atoms with Crippen molar-refractivity contribution in [2.75, 3.05) is 25.0 Å². The van der Waals surface area contributed by atoms with Crippen LogP contribution < -0.4 is 10.6 Å². The normalized spacial score (nSPS) is 18.8. The predicted molar refractivity (Wildman–Crippen MR) is 121 cm³/mol. The van der Waals surface area contributed by atoms with Crippen molar-refractivity contribution < 1.29 is 14.4 Å². The van der Waals surface area contributed by atoms with E-state index in [4.69, 9.17) is 0 Å². The number of hydrogen-bond acceptors (Lipinski definition) is 5. The summed E-state index contributed by atoms with van der Waals surface area (Å²) in [6, 6.07) is 6.80. The number of rotatable bonds is 8. The monoisotopic (exact) mass is 430 g/mol. The molecule has 0 radical (unpaired) electrons. The largest absolute Gasteiger partial charge is 0.352 e. The van der Waals surface area contributed by atoms with Crippen LogP contribution in [0.2, 0.25) is 0 Å². The van der Waals surface area contributed by atoms with Gasteiger partial charge in [0.15, 0.2) is 5.17 Å². The molecule has 3 amide bonds. The number of carbonyl (C=O) groups excluding carboxylic acids is 3. The molecule has 3 rings (SSSR count). The molecule has 8 heteroatoms. The number of nitrogens with zero attached hydrogens (tertiary/aromatic N) is 2. The summed E-state index contributed by atoms with van der Waals surface area (Å²) < 4.78 is 0. The molecule has 2 aliphatic heterocycles. The first kappa shape index (κ1) is 22.3. The van der Waals surface area contributed by atoms with Crippen LogP contribution in [-0.2, 0) is 9.59 Å². The molecule has 0 aromatic heterocycles. The first-order valence-electron chi connectivity index (χ1n) is 10.8. The highest BCUT2D eigenvalue weighted by molar-refractivity contribution is 8.15. The molecule has 2 aliphatic rings. The standard InChI is InChI=1S/C22H30N4O3S/c1-2-3-5-12-23-20(28)16-8-10-17(11-9-16)24-19(27)15-18-21(29)25-22(30-18)26-13-6-4-7-14-26/h8-11,18H,2-7,12-15H2,1H3,(H,23,28)(H,24,27). The summed E-state index contributed by atoms with van der Waals surface area (Å²) in [6.07, 6.45) is 6.71. The minimum atomic E-state index is -0.463. The van der Waals surface area contributed by atoms with Crippen LogP contribution in [0, 0.1) is 0 Å². The van der Waals surface area contributed by atoms with Crippen LogP contribution in [0.25, 0.3) is 0 Å². The molecule has 1 fully saturated rings. The maximum Gasteiger partial charge on any atom is 0.262 e. The fourth-order valence-corrected chi connectivity index (χ4v) is 4.61. The summed E-state index contributed by atoms with van der Waals surface area (Å²) in [6.45, 7) is 4.64. The van der Waals surface area contributed by atoms with E-state index in [9.17, 15) is 14.4 Å². The van der Waals surface area contributed by atoms with Gasteiger partial charge in [0.25, 0.3) is 11.8 Å². The Morgan fingerprint density at radius 2 is 1.87 bits per heavy atom. The lowest BCUT2D eigenvalue weighted by molar-refractivity contribution is -0.121. The molecule has 1 atom stereocenters. The van der Waals surface area contributed by atoms with E-state index in [1.165, 1.54) is 18.2 Å². The van der Waals surface area contributed by atoms with Crippen LogP contribution in [0.1, 0.15) is 62.2 Å². The lowest BCUT2D eigenvalue weighted by Gasteiger charge is -2.27. The lowest BCUT2D eigenvalue weighted by atomic mass is 10.1. The zero-order valence-corrected chi connectivity index (χ0v) is 18.3. The van der Waals surface area contributed by atoms with Gasteiger partial charge in [-0.25, -0.2) is 0 Å². The second-order valence-corrected chi connectivity index (χ2v) is 8.85. The molecule has 2 heterocycles. The van der Waals surface area contributed by atoms with Gasteiger partial charge in [-0.05, 0) is 49.9 Å². The van der Waals surface area contributed by atoms with E-state index in [1.807, 2.05) is 0 Å². The van der Waals surface area contributed by atoms with E-state index >= 15 is 0 Å². The van der Waals surface area contributed by atoms with Crippen LogP contribution in [0.3, 0.4) is 0 Å². The molecular formula is C22H30N4O3S. The second kappa shape index (κ2) is 11.2. The van der Waals surface area contributed by atoms with Crippen molar-refractivity contribution in [2.24, 2.45) is 4.99 Å². The number of piperidine rings is 1. The third-order valence-corrected chi connectivity index (χ3v) is 6.44. The van der Waals surface area contributed by atoms with Crippen LogP contribution in [-0.4, -0.2) is 52.7 Å². The minimum absolute atomic E-state index is 0.0873. The number of amidine groups is 1. The number of carbonyl (C=O) groups is 3. The molecule has 0 aliphatic carbocycles. The number of aliphatic imine (C=N–C) groups is 1. The van der Waals surface area contributed by atoms with Crippen molar-refractivity contribution in [1.29, 1.82) is 0 Å². The van der Waals surface area contributed by atoms with Gasteiger partial charge in [0.1, 0.15) is 5.25 Å². The number of hydrogen-bond donors (Lipinski definition) is 2. The van der Waals surface area contributed by atoms with Crippen molar-refractivity contribution >= 4 is 40.3 Å². The van der Waals surface area contributed by atoms with Gasteiger partial charge in [0.05, 0.1) is 0 Å². The number of benzene rings is 1. The van der Waals surface area contributed by atoms with E-state index in [2.05, 4.69) is 27.4 Å². The number of unbranched alkanes of at least 4 members (excludes halogenated alkanes) is 2. The van der Waals surface area contributed by atoms with E-state index < -0.39 is 5.25 Å². The molecule has 1 unspecified atom stereocenters. The summed E-state index contributed by atoms with van der Waals surface area (Å²) in [4.78, 5) is 43.0. The molecule has 0 saturated carbocycles. The van der Waals surface area contributed by atoms with Gasteiger partial charge >= 0.3 is 0 Å².